The van der Waals surface area contributed by atoms with Gasteiger partial charge in [-0.15, -0.1) is 0 Å². The lowest BCUT2D eigenvalue weighted by Crippen LogP contribution is -3.00. The summed E-state index contributed by atoms with van der Waals surface area (Å²) in [6, 6.07) is 12.8. The summed E-state index contributed by atoms with van der Waals surface area (Å²) in [6.45, 7) is 1.51. The van der Waals surface area contributed by atoms with Crippen LogP contribution in [0.1, 0.15) is 22.8 Å². The first-order valence-electron chi connectivity index (χ1n) is 8.78. The van der Waals surface area contributed by atoms with Crippen LogP contribution in [0, 0.1) is 0 Å². The molecule has 0 aliphatic rings. The Labute approximate surface area is 175 Å². The molecule has 156 valence electrons. The SMILES string of the molecule is C[C@@H](Cc1ccccc1)NC(=O)OC[n+]1ccc(C(=O)N(C)CC(=O)O)cc1.[Cl-]. The summed E-state index contributed by atoms with van der Waals surface area (Å²) >= 11 is 0. The first-order valence-corrected chi connectivity index (χ1v) is 8.78. The molecule has 0 spiro atoms. The van der Waals surface area contributed by atoms with E-state index >= 15 is 0 Å². The molecule has 8 nitrogen and oxygen atoms in total. The molecule has 0 saturated carbocycles. The molecule has 0 bridgehead atoms. The number of ether oxygens (including phenoxy) is 1. The average Bonchev–Trinajstić information content (AvgIpc) is 2.66. The van der Waals surface area contributed by atoms with E-state index in [1.54, 1.807) is 29.1 Å². The van der Waals surface area contributed by atoms with Gasteiger partial charge in [-0.25, -0.2) is 4.79 Å². The summed E-state index contributed by atoms with van der Waals surface area (Å²) in [7, 11) is 1.42. The number of nitrogens with one attached hydrogen (secondary N) is 1. The van der Waals surface area contributed by atoms with Crippen LogP contribution in [0.25, 0.3) is 0 Å². The molecular formula is C20H24ClN3O5. The Balaban J connectivity index is 0.00000420. The van der Waals surface area contributed by atoms with E-state index in [1.165, 1.54) is 7.05 Å². The fraction of sp³-hybridized carbons (Fsp3) is 0.300. The number of carboxylic acids is 1. The second kappa shape index (κ2) is 11.7. The number of rotatable bonds is 8. The van der Waals surface area contributed by atoms with Crippen molar-refractivity contribution in [3.63, 3.8) is 0 Å². The quantitative estimate of drug-likeness (QED) is 0.503. The van der Waals surface area contributed by atoms with Crippen molar-refractivity contribution in [3.8, 4) is 0 Å². The lowest BCUT2D eigenvalue weighted by Gasteiger charge is -2.14. The number of carbonyl (C=O) groups is 3. The van der Waals surface area contributed by atoms with Crippen LogP contribution in [0.15, 0.2) is 54.9 Å². The minimum atomic E-state index is -1.08. The molecule has 0 saturated heterocycles. The molecule has 0 aliphatic heterocycles. The number of hydrogen-bond acceptors (Lipinski definition) is 4. The van der Waals surface area contributed by atoms with Gasteiger partial charge in [-0.3, -0.25) is 9.59 Å². The molecule has 0 unspecified atom stereocenters. The van der Waals surface area contributed by atoms with Crippen LogP contribution >= 0.6 is 0 Å². The number of benzene rings is 1. The van der Waals surface area contributed by atoms with E-state index in [9.17, 15) is 14.4 Å². The smallest absolute Gasteiger partial charge is 0.412 e. The maximum absolute atomic E-state index is 12.1. The molecule has 2 aromatic rings. The van der Waals surface area contributed by atoms with E-state index in [-0.39, 0.29) is 31.7 Å². The molecule has 1 aromatic heterocycles. The van der Waals surface area contributed by atoms with Crippen molar-refractivity contribution in [2.45, 2.75) is 26.1 Å². The fourth-order valence-corrected chi connectivity index (χ4v) is 2.58. The van der Waals surface area contributed by atoms with Gasteiger partial charge in [0.05, 0.1) is 5.56 Å². The average molecular weight is 422 g/mol. The molecule has 2 N–H and O–H groups in total. The minimum absolute atomic E-state index is 0. The van der Waals surface area contributed by atoms with E-state index < -0.39 is 18.0 Å². The van der Waals surface area contributed by atoms with Gasteiger partial charge in [-0.1, -0.05) is 30.3 Å². The van der Waals surface area contributed by atoms with Gasteiger partial charge < -0.3 is 32.5 Å². The largest absolute Gasteiger partial charge is 1.00 e. The third-order valence-corrected chi connectivity index (χ3v) is 3.95. The Morgan fingerprint density at radius 3 is 2.34 bits per heavy atom. The molecule has 1 heterocycles. The number of alkyl carbamates (subject to hydrolysis) is 1. The summed E-state index contributed by atoms with van der Waals surface area (Å²) in [5, 5.41) is 11.5. The third kappa shape index (κ3) is 8.18. The maximum Gasteiger partial charge on any atom is 0.412 e. The monoisotopic (exact) mass is 421 g/mol. The third-order valence-electron chi connectivity index (χ3n) is 3.95. The standard InChI is InChI=1S/C20H23N3O5.ClH/c1-15(12-16-6-4-3-5-7-16)21-20(27)28-14-23-10-8-17(9-11-23)19(26)22(2)13-18(24)25;/h3-11,15H,12-14H2,1-2H3,(H-,21,24,25,27);1H/t15-;/m0./s1. The second-order valence-corrected chi connectivity index (χ2v) is 6.45. The van der Waals surface area contributed by atoms with Gasteiger partial charge >= 0.3 is 12.1 Å². The molecule has 1 atom stereocenters. The van der Waals surface area contributed by atoms with Crippen LogP contribution in [0.4, 0.5) is 4.79 Å². The maximum atomic E-state index is 12.1. The lowest BCUT2D eigenvalue weighted by molar-refractivity contribution is -0.727. The second-order valence-electron chi connectivity index (χ2n) is 6.45. The van der Waals surface area contributed by atoms with Crippen molar-refractivity contribution < 1.29 is 41.2 Å². The van der Waals surface area contributed by atoms with Crippen LogP contribution in [0.5, 0.6) is 0 Å². The van der Waals surface area contributed by atoms with E-state index in [0.717, 1.165) is 10.5 Å². The summed E-state index contributed by atoms with van der Waals surface area (Å²) in [6.07, 6.45) is 3.34. The highest BCUT2D eigenvalue weighted by Gasteiger charge is 2.16. The number of aliphatic carboxylic acids is 1. The van der Waals surface area contributed by atoms with Crippen LogP contribution in [0.2, 0.25) is 0 Å². The molecule has 29 heavy (non-hydrogen) atoms. The van der Waals surface area contributed by atoms with Crippen LogP contribution < -0.4 is 22.3 Å². The van der Waals surface area contributed by atoms with Gasteiger partial charge in [0.1, 0.15) is 6.54 Å². The van der Waals surface area contributed by atoms with Crippen LogP contribution in [-0.4, -0.2) is 47.6 Å². The summed E-state index contributed by atoms with van der Waals surface area (Å²) in [5.41, 5.74) is 1.47. The molecule has 2 rings (SSSR count). The summed E-state index contributed by atoms with van der Waals surface area (Å²) in [5.74, 6) is -1.48. The minimum Gasteiger partial charge on any atom is -1.00 e. The number of likely N-dealkylation sites (N-methyl/N-ethyl adjacent to an activating group) is 1. The van der Waals surface area contributed by atoms with Crippen LogP contribution in [-0.2, 0) is 22.7 Å². The van der Waals surface area contributed by atoms with Crippen molar-refractivity contribution in [1.82, 2.24) is 10.2 Å². The summed E-state index contributed by atoms with van der Waals surface area (Å²) in [4.78, 5) is 35.8. The van der Waals surface area contributed by atoms with E-state index in [1.807, 2.05) is 37.3 Å². The van der Waals surface area contributed by atoms with Gasteiger partial charge in [0.25, 0.3) is 12.6 Å². The number of halogens is 1. The number of amides is 2. The zero-order valence-corrected chi connectivity index (χ0v) is 17.0. The number of carbonyl (C=O) groups excluding carboxylic acids is 2. The van der Waals surface area contributed by atoms with Gasteiger partial charge in [0.15, 0.2) is 12.4 Å². The molecule has 9 heteroatoms. The Kier molecular flexibility index (Phi) is 9.61. The van der Waals surface area contributed by atoms with Crippen molar-refractivity contribution in [2.75, 3.05) is 13.6 Å². The Hall–Kier alpha value is -3.13. The number of carboxylic acid groups (broad SMARTS) is 1. The van der Waals surface area contributed by atoms with Gasteiger partial charge in [0.2, 0.25) is 0 Å². The van der Waals surface area contributed by atoms with E-state index in [4.69, 9.17) is 9.84 Å². The predicted octanol–water partition coefficient (Wildman–Crippen LogP) is -1.55. The first-order chi connectivity index (χ1) is 13.3. The highest BCUT2D eigenvalue weighted by Crippen LogP contribution is 2.03. The molecule has 1 aromatic carbocycles. The lowest BCUT2D eigenvalue weighted by atomic mass is 10.1. The molecule has 0 radical (unpaired) electrons. The van der Waals surface area contributed by atoms with E-state index in [0.29, 0.717) is 12.0 Å². The van der Waals surface area contributed by atoms with Gasteiger partial charge in [-0.05, 0) is 18.9 Å². The fourth-order valence-electron chi connectivity index (χ4n) is 2.58. The Morgan fingerprint density at radius 2 is 1.76 bits per heavy atom. The van der Waals surface area contributed by atoms with Crippen molar-refractivity contribution in [2.24, 2.45) is 0 Å². The molecule has 0 aliphatic carbocycles. The Bertz CT molecular complexity index is 815. The van der Waals surface area contributed by atoms with Crippen LogP contribution in [0.3, 0.4) is 0 Å². The Morgan fingerprint density at radius 1 is 1.14 bits per heavy atom. The number of hydrogen-bond donors (Lipinski definition) is 2. The predicted molar refractivity (Wildman–Crippen MR) is 100 cm³/mol. The zero-order valence-electron chi connectivity index (χ0n) is 16.2. The topological polar surface area (TPSA) is 99.8 Å². The molecular weight excluding hydrogens is 398 g/mol. The zero-order chi connectivity index (χ0) is 20.5. The highest BCUT2D eigenvalue weighted by atomic mass is 35.5. The van der Waals surface area contributed by atoms with Crippen molar-refractivity contribution in [1.29, 1.82) is 0 Å². The first kappa shape index (κ1) is 23.9. The molecule has 0 fully saturated rings. The van der Waals surface area contributed by atoms with E-state index in [2.05, 4.69) is 5.32 Å². The van der Waals surface area contributed by atoms with Crippen molar-refractivity contribution >= 4 is 18.0 Å². The van der Waals surface area contributed by atoms with Gasteiger partial charge in [0, 0.05) is 25.2 Å². The van der Waals surface area contributed by atoms with Gasteiger partial charge in [-0.2, -0.15) is 4.57 Å². The molecule has 2 amide bonds. The number of nitrogens with zero attached hydrogens (tertiary/aromatic N) is 2. The summed E-state index contributed by atoms with van der Waals surface area (Å²) < 4.78 is 6.77. The number of aromatic nitrogens is 1. The number of pyridine rings is 1. The van der Waals surface area contributed by atoms with Crippen molar-refractivity contribution in [3.05, 3.63) is 66.0 Å². The normalized spacial score (nSPS) is 11.0. The highest BCUT2D eigenvalue weighted by molar-refractivity contribution is 5.95.